The van der Waals surface area contributed by atoms with Gasteiger partial charge in [-0.05, 0) is 17.7 Å². The van der Waals surface area contributed by atoms with Crippen LogP contribution in [0.4, 0.5) is 0 Å². The van der Waals surface area contributed by atoms with Gasteiger partial charge in [0, 0.05) is 25.5 Å². The lowest BCUT2D eigenvalue weighted by Crippen LogP contribution is -2.27. The monoisotopic (exact) mass is 271 g/mol. The molecule has 0 fully saturated rings. The minimum Gasteiger partial charge on any atom is -0.383 e. The second kappa shape index (κ2) is 6.51. The van der Waals surface area contributed by atoms with Gasteiger partial charge in [-0.1, -0.05) is 12.1 Å². The smallest absolute Gasteiger partial charge is 0.251 e. The van der Waals surface area contributed by atoms with Crippen molar-refractivity contribution >= 4 is 15.7 Å². The minimum absolute atomic E-state index is 0.0633. The Bertz CT molecular complexity index is 511. The van der Waals surface area contributed by atoms with E-state index in [1.807, 2.05) is 0 Å². The molecule has 0 aliphatic carbocycles. The van der Waals surface area contributed by atoms with E-state index >= 15 is 0 Å². The fraction of sp³-hybridized carbons (Fsp3) is 0.417. The number of carbonyl (C=O) groups excluding carboxylic acids is 1. The van der Waals surface area contributed by atoms with E-state index in [-0.39, 0.29) is 11.7 Å². The molecule has 0 aliphatic heterocycles. The summed E-state index contributed by atoms with van der Waals surface area (Å²) in [5.74, 6) is -0.297. The molecule has 0 spiro atoms. The summed E-state index contributed by atoms with van der Waals surface area (Å²) in [4.78, 5) is 11.7. The highest BCUT2D eigenvalue weighted by Crippen LogP contribution is 2.08. The number of sulfone groups is 1. The number of carbonyl (C=O) groups is 1. The Morgan fingerprint density at radius 2 is 2.11 bits per heavy atom. The van der Waals surface area contributed by atoms with E-state index in [2.05, 4.69) is 5.32 Å². The number of rotatable bonds is 6. The number of methoxy groups -OCH3 is 1. The highest BCUT2D eigenvalue weighted by Gasteiger charge is 2.08. The zero-order chi connectivity index (χ0) is 13.6. The van der Waals surface area contributed by atoms with Gasteiger partial charge in [-0.15, -0.1) is 0 Å². The largest absolute Gasteiger partial charge is 0.383 e. The maximum Gasteiger partial charge on any atom is 0.251 e. The molecule has 0 heterocycles. The van der Waals surface area contributed by atoms with Crippen LogP contribution in [0.3, 0.4) is 0 Å². The second-order valence-electron chi connectivity index (χ2n) is 4.02. The van der Waals surface area contributed by atoms with Gasteiger partial charge in [0.25, 0.3) is 5.91 Å². The zero-order valence-corrected chi connectivity index (χ0v) is 11.3. The maximum absolute atomic E-state index is 11.7. The number of amides is 1. The predicted octanol–water partition coefficient (Wildman–Crippen LogP) is 0.607. The van der Waals surface area contributed by atoms with Crippen molar-refractivity contribution in [3.05, 3.63) is 35.4 Å². The SMILES string of the molecule is COCCNC(=O)c1cccc(CS(C)(=O)=O)c1. The zero-order valence-electron chi connectivity index (χ0n) is 10.5. The van der Waals surface area contributed by atoms with Gasteiger partial charge in [0.05, 0.1) is 12.4 Å². The molecule has 0 saturated heterocycles. The van der Waals surface area contributed by atoms with Crippen molar-refractivity contribution in [2.24, 2.45) is 0 Å². The van der Waals surface area contributed by atoms with Gasteiger partial charge in [0.2, 0.25) is 0 Å². The Labute approximate surface area is 107 Å². The highest BCUT2D eigenvalue weighted by molar-refractivity contribution is 7.89. The molecule has 1 rings (SSSR count). The van der Waals surface area contributed by atoms with Crippen LogP contribution < -0.4 is 5.32 Å². The van der Waals surface area contributed by atoms with Crippen LogP contribution in [0.25, 0.3) is 0 Å². The summed E-state index contributed by atoms with van der Waals surface area (Å²) in [7, 11) is -1.54. The molecule has 0 bridgehead atoms. The summed E-state index contributed by atoms with van der Waals surface area (Å²) in [6, 6.07) is 6.59. The van der Waals surface area contributed by atoms with E-state index < -0.39 is 9.84 Å². The van der Waals surface area contributed by atoms with Crippen molar-refractivity contribution in [2.45, 2.75) is 5.75 Å². The molecule has 100 valence electrons. The van der Waals surface area contributed by atoms with Crippen LogP contribution in [-0.2, 0) is 20.3 Å². The Hall–Kier alpha value is -1.40. The molecular formula is C12H17NO4S. The van der Waals surface area contributed by atoms with Gasteiger partial charge in [-0.25, -0.2) is 8.42 Å². The number of hydrogen-bond acceptors (Lipinski definition) is 4. The van der Waals surface area contributed by atoms with Crippen LogP contribution in [0.1, 0.15) is 15.9 Å². The molecule has 0 saturated carbocycles. The first-order valence-corrected chi connectivity index (χ1v) is 7.52. The lowest BCUT2D eigenvalue weighted by atomic mass is 10.1. The summed E-state index contributed by atoms with van der Waals surface area (Å²) in [5.41, 5.74) is 1.06. The molecule has 1 aromatic rings. The summed E-state index contributed by atoms with van der Waals surface area (Å²) >= 11 is 0. The average Bonchev–Trinajstić information content (AvgIpc) is 2.27. The third-order valence-electron chi connectivity index (χ3n) is 2.21. The van der Waals surface area contributed by atoms with E-state index in [1.54, 1.807) is 31.4 Å². The van der Waals surface area contributed by atoms with E-state index in [1.165, 1.54) is 6.26 Å². The van der Waals surface area contributed by atoms with Gasteiger partial charge in [-0.2, -0.15) is 0 Å². The van der Waals surface area contributed by atoms with Gasteiger partial charge in [0.1, 0.15) is 0 Å². The first-order valence-electron chi connectivity index (χ1n) is 5.46. The Kier molecular flexibility index (Phi) is 5.30. The Morgan fingerprint density at radius 3 is 2.72 bits per heavy atom. The summed E-state index contributed by atoms with van der Waals surface area (Å²) in [6.07, 6.45) is 1.17. The second-order valence-corrected chi connectivity index (χ2v) is 6.16. The molecule has 1 N–H and O–H groups in total. The predicted molar refractivity (Wildman–Crippen MR) is 69.2 cm³/mol. The van der Waals surface area contributed by atoms with Gasteiger partial charge in [-0.3, -0.25) is 4.79 Å². The maximum atomic E-state index is 11.7. The van der Waals surface area contributed by atoms with Crippen molar-refractivity contribution < 1.29 is 17.9 Å². The average molecular weight is 271 g/mol. The lowest BCUT2D eigenvalue weighted by Gasteiger charge is -2.06. The summed E-state index contributed by atoms with van der Waals surface area (Å²) in [5, 5.41) is 2.68. The number of nitrogens with one attached hydrogen (secondary N) is 1. The topological polar surface area (TPSA) is 72.5 Å². The number of benzene rings is 1. The van der Waals surface area contributed by atoms with Gasteiger partial charge >= 0.3 is 0 Å². The summed E-state index contributed by atoms with van der Waals surface area (Å²) < 4.78 is 27.2. The molecule has 1 aromatic carbocycles. The van der Waals surface area contributed by atoms with E-state index in [9.17, 15) is 13.2 Å². The van der Waals surface area contributed by atoms with E-state index in [4.69, 9.17) is 4.74 Å². The van der Waals surface area contributed by atoms with Gasteiger partial charge < -0.3 is 10.1 Å². The molecular weight excluding hydrogens is 254 g/mol. The van der Waals surface area contributed by atoms with Crippen molar-refractivity contribution in [3.8, 4) is 0 Å². The quantitative estimate of drug-likeness (QED) is 0.769. The van der Waals surface area contributed by atoms with Crippen molar-refractivity contribution in [2.75, 3.05) is 26.5 Å². The van der Waals surface area contributed by atoms with Crippen LogP contribution in [-0.4, -0.2) is 40.8 Å². The minimum atomic E-state index is -3.09. The van der Waals surface area contributed by atoms with Gasteiger partial charge in [0.15, 0.2) is 9.84 Å². The van der Waals surface area contributed by atoms with Crippen LogP contribution in [0.15, 0.2) is 24.3 Å². The van der Waals surface area contributed by atoms with Crippen molar-refractivity contribution in [1.29, 1.82) is 0 Å². The third-order valence-corrected chi connectivity index (χ3v) is 3.07. The fourth-order valence-corrected chi connectivity index (χ4v) is 2.26. The fourth-order valence-electron chi connectivity index (χ4n) is 1.47. The summed E-state index contributed by atoms with van der Waals surface area (Å²) in [6.45, 7) is 0.862. The standard InChI is InChI=1S/C12H17NO4S/c1-17-7-6-13-12(14)11-5-3-4-10(8-11)9-18(2,15)16/h3-5,8H,6-7,9H2,1-2H3,(H,13,14). The molecule has 0 unspecified atom stereocenters. The molecule has 5 nitrogen and oxygen atoms in total. The molecule has 0 aliphatic rings. The number of ether oxygens (including phenoxy) is 1. The first-order chi connectivity index (χ1) is 8.42. The first kappa shape index (κ1) is 14.7. The molecule has 18 heavy (non-hydrogen) atoms. The van der Waals surface area contributed by atoms with E-state index in [0.29, 0.717) is 24.3 Å². The molecule has 0 radical (unpaired) electrons. The normalized spacial score (nSPS) is 11.2. The Balaban J connectivity index is 2.72. The number of hydrogen-bond donors (Lipinski definition) is 1. The van der Waals surface area contributed by atoms with Crippen molar-refractivity contribution in [1.82, 2.24) is 5.32 Å². The molecule has 1 amide bonds. The molecule has 0 aromatic heterocycles. The van der Waals surface area contributed by atoms with Crippen LogP contribution >= 0.6 is 0 Å². The van der Waals surface area contributed by atoms with Crippen LogP contribution in [0.2, 0.25) is 0 Å². The lowest BCUT2D eigenvalue weighted by molar-refractivity contribution is 0.0937. The Morgan fingerprint density at radius 1 is 1.39 bits per heavy atom. The third kappa shape index (κ3) is 5.29. The van der Waals surface area contributed by atoms with E-state index in [0.717, 1.165) is 0 Å². The highest BCUT2D eigenvalue weighted by atomic mass is 32.2. The van der Waals surface area contributed by atoms with Crippen molar-refractivity contribution in [3.63, 3.8) is 0 Å². The van der Waals surface area contributed by atoms with Crippen LogP contribution in [0, 0.1) is 0 Å². The molecule has 0 atom stereocenters. The van der Waals surface area contributed by atoms with Crippen LogP contribution in [0.5, 0.6) is 0 Å². The molecule has 6 heteroatoms.